The van der Waals surface area contributed by atoms with Crippen LogP contribution < -0.4 is 10.1 Å². The van der Waals surface area contributed by atoms with Gasteiger partial charge >= 0.3 is 0 Å². The van der Waals surface area contributed by atoms with Gasteiger partial charge in [-0.1, -0.05) is 6.07 Å². The van der Waals surface area contributed by atoms with Crippen LogP contribution in [0.1, 0.15) is 22.4 Å². The average Bonchev–Trinajstić information content (AvgIpc) is 3.26. The lowest BCUT2D eigenvalue weighted by Crippen LogP contribution is -2.28. The summed E-state index contributed by atoms with van der Waals surface area (Å²) < 4.78 is 31.1. The van der Waals surface area contributed by atoms with Crippen LogP contribution in [0.4, 0.5) is 0 Å². The predicted octanol–water partition coefficient (Wildman–Crippen LogP) is 2.18. The van der Waals surface area contributed by atoms with Gasteiger partial charge < -0.3 is 10.1 Å². The summed E-state index contributed by atoms with van der Waals surface area (Å²) in [6.45, 7) is 0.215. The van der Waals surface area contributed by atoms with E-state index >= 15 is 0 Å². The number of fused-ring (bicyclic) bond motifs is 1. The highest BCUT2D eigenvalue weighted by atomic mass is 32.2. The second-order valence-electron chi connectivity index (χ2n) is 6.36. The highest BCUT2D eigenvalue weighted by Gasteiger charge is 2.19. The van der Waals surface area contributed by atoms with Crippen LogP contribution in [0.15, 0.2) is 34.5 Å². The number of nitrogens with zero attached hydrogens (tertiary/aromatic N) is 1. The molecule has 1 heterocycles. The van der Waals surface area contributed by atoms with E-state index in [4.69, 9.17) is 4.74 Å². The molecule has 0 saturated heterocycles. The molecule has 140 valence electrons. The number of carbonyl (C=O) groups excluding carboxylic acids is 1. The summed E-state index contributed by atoms with van der Waals surface area (Å²) in [6.07, 6.45) is 3.35. The molecule has 1 aliphatic carbocycles. The SMILES string of the molecule is CN(C)S(=O)(=O)c1ccc(CNC(=O)COc2ccc3c(c2)CCC3)s1. The summed E-state index contributed by atoms with van der Waals surface area (Å²) in [7, 11) is -0.446. The molecule has 1 amide bonds. The third-order valence-corrected chi connectivity index (χ3v) is 7.64. The zero-order valence-electron chi connectivity index (χ0n) is 14.8. The van der Waals surface area contributed by atoms with Gasteiger partial charge in [0.25, 0.3) is 15.9 Å². The van der Waals surface area contributed by atoms with Crippen molar-refractivity contribution in [3.63, 3.8) is 0 Å². The van der Waals surface area contributed by atoms with Crippen molar-refractivity contribution in [2.75, 3.05) is 20.7 Å². The summed E-state index contributed by atoms with van der Waals surface area (Å²) >= 11 is 1.15. The molecule has 0 unspecified atom stereocenters. The van der Waals surface area contributed by atoms with Crippen LogP contribution in [0.5, 0.6) is 5.75 Å². The summed E-state index contributed by atoms with van der Waals surface area (Å²) in [5.74, 6) is 0.465. The number of rotatable bonds is 7. The highest BCUT2D eigenvalue weighted by Crippen LogP contribution is 2.26. The minimum Gasteiger partial charge on any atom is -0.484 e. The molecule has 0 aliphatic heterocycles. The number of amides is 1. The van der Waals surface area contributed by atoms with Gasteiger partial charge in [0.1, 0.15) is 9.96 Å². The third kappa shape index (κ3) is 4.25. The van der Waals surface area contributed by atoms with E-state index in [2.05, 4.69) is 11.4 Å². The number of hydrogen-bond donors (Lipinski definition) is 1. The summed E-state index contributed by atoms with van der Waals surface area (Å²) in [6, 6.07) is 9.24. The van der Waals surface area contributed by atoms with E-state index in [1.807, 2.05) is 12.1 Å². The Hall–Kier alpha value is -1.90. The van der Waals surface area contributed by atoms with Gasteiger partial charge in [-0.2, -0.15) is 0 Å². The molecule has 6 nitrogen and oxygen atoms in total. The Kier molecular flexibility index (Phi) is 5.64. The molecular weight excluding hydrogens is 372 g/mol. The maximum atomic E-state index is 12.1. The van der Waals surface area contributed by atoms with Crippen molar-refractivity contribution < 1.29 is 17.9 Å². The fourth-order valence-corrected chi connectivity index (χ4v) is 5.26. The Morgan fingerprint density at radius 2 is 1.96 bits per heavy atom. The molecule has 1 aromatic heterocycles. The predicted molar refractivity (Wildman–Crippen MR) is 101 cm³/mol. The largest absolute Gasteiger partial charge is 0.484 e. The van der Waals surface area contributed by atoms with Crippen molar-refractivity contribution in [3.05, 3.63) is 46.3 Å². The molecule has 2 aromatic rings. The monoisotopic (exact) mass is 394 g/mol. The zero-order valence-corrected chi connectivity index (χ0v) is 16.5. The molecule has 1 aliphatic rings. The molecule has 26 heavy (non-hydrogen) atoms. The van der Waals surface area contributed by atoms with Crippen LogP contribution in [0.25, 0.3) is 0 Å². The number of sulfonamides is 1. The quantitative estimate of drug-likeness (QED) is 0.781. The minimum atomic E-state index is -3.43. The molecular formula is C18H22N2O4S2. The number of carbonyl (C=O) groups is 1. The Morgan fingerprint density at radius 3 is 2.73 bits per heavy atom. The fourth-order valence-electron chi connectivity index (χ4n) is 2.80. The van der Waals surface area contributed by atoms with Gasteiger partial charge in [0, 0.05) is 19.0 Å². The first-order chi connectivity index (χ1) is 12.4. The van der Waals surface area contributed by atoms with Crippen molar-refractivity contribution >= 4 is 27.3 Å². The fraction of sp³-hybridized carbons (Fsp3) is 0.389. The van der Waals surface area contributed by atoms with E-state index in [1.165, 1.54) is 35.9 Å². The molecule has 3 rings (SSSR count). The van der Waals surface area contributed by atoms with Crippen LogP contribution in [0.2, 0.25) is 0 Å². The first-order valence-electron chi connectivity index (χ1n) is 8.39. The second-order valence-corrected chi connectivity index (χ2v) is 9.90. The third-order valence-electron chi connectivity index (χ3n) is 4.27. The van der Waals surface area contributed by atoms with E-state index in [1.54, 1.807) is 12.1 Å². The van der Waals surface area contributed by atoms with Crippen LogP contribution in [0.3, 0.4) is 0 Å². The topological polar surface area (TPSA) is 75.7 Å². The number of nitrogens with one attached hydrogen (secondary N) is 1. The van der Waals surface area contributed by atoms with Gasteiger partial charge in [-0.25, -0.2) is 12.7 Å². The van der Waals surface area contributed by atoms with Crippen molar-refractivity contribution in [2.45, 2.75) is 30.0 Å². The molecule has 0 radical (unpaired) electrons. The van der Waals surface area contributed by atoms with Crippen LogP contribution in [0, 0.1) is 0 Å². The number of hydrogen-bond acceptors (Lipinski definition) is 5. The smallest absolute Gasteiger partial charge is 0.258 e. The lowest BCUT2D eigenvalue weighted by Gasteiger charge is -2.09. The van der Waals surface area contributed by atoms with Crippen LogP contribution >= 0.6 is 11.3 Å². The Labute approximate surface area is 157 Å². The standard InChI is InChI=1S/C18H22N2O4S2/c1-20(2)26(22,23)18-9-8-16(25-18)11-19-17(21)12-24-15-7-6-13-4-3-5-14(13)10-15/h6-10H,3-5,11-12H2,1-2H3,(H,19,21). The molecule has 0 bridgehead atoms. The minimum absolute atomic E-state index is 0.0625. The normalized spacial score (nSPS) is 13.7. The Balaban J connectivity index is 1.49. The highest BCUT2D eigenvalue weighted by molar-refractivity contribution is 7.91. The van der Waals surface area contributed by atoms with E-state index in [-0.39, 0.29) is 23.3 Å². The maximum Gasteiger partial charge on any atom is 0.258 e. The number of thiophene rings is 1. The number of aryl methyl sites for hydroxylation is 2. The van der Waals surface area contributed by atoms with Crippen molar-refractivity contribution in [1.29, 1.82) is 0 Å². The molecule has 0 atom stereocenters. The Morgan fingerprint density at radius 1 is 1.19 bits per heavy atom. The summed E-state index contributed by atoms with van der Waals surface area (Å²) in [5, 5.41) is 2.75. The van der Waals surface area contributed by atoms with Gasteiger partial charge in [-0.3, -0.25) is 4.79 Å². The van der Waals surface area contributed by atoms with Crippen molar-refractivity contribution in [3.8, 4) is 5.75 Å². The van der Waals surface area contributed by atoms with Crippen molar-refractivity contribution in [2.24, 2.45) is 0 Å². The molecule has 0 fully saturated rings. The number of benzene rings is 1. The summed E-state index contributed by atoms with van der Waals surface area (Å²) in [4.78, 5) is 12.8. The van der Waals surface area contributed by atoms with Gasteiger partial charge in [-0.15, -0.1) is 11.3 Å². The average molecular weight is 395 g/mol. The summed E-state index contributed by atoms with van der Waals surface area (Å²) in [5.41, 5.74) is 2.67. The second kappa shape index (κ2) is 7.77. The maximum absolute atomic E-state index is 12.1. The van der Waals surface area contributed by atoms with Gasteiger partial charge in [-0.05, 0) is 54.7 Å². The Bertz CT molecular complexity index is 904. The lowest BCUT2D eigenvalue weighted by atomic mass is 10.1. The first-order valence-corrected chi connectivity index (χ1v) is 10.6. The van der Waals surface area contributed by atoms with Gasteiger partial charge in [0.2, 0.25) is 0 Å². The molecule has 0 saturated carbocycles. The molecule has 1 aromatic carbocycles. The van der Waals surface area contributed by atoms with E-state index in [0.717, 1.165) is 29.1 Å². The number of ether oxygens (including phenoxy) is 1. The van der Waals surface area contributed by atoms with Gasteiger partial charge in [0.15, 0.2) is 6.61 Å². The molecule has 8 heteroatoms. The van der Waals surface area contributed by atoms with E-state index in [0.29, 0.717) is 5.75 Å². The zero-order chi connectivity index (χ0) is 18.7. The first kappa shape index (κ1) is 18.9. The van der Waals surface area contributed by atoms with Crippen LogP contribution in [-0.2, 0) is 34.2 Å². The van der Waals surface area contributed by atoms with Gasteiger partial charge in [0.05, 0.1) is 6.54 Å². The van der Waals surface area contributed by atoms with Crippen LogP contribution in [-0.4, -0.2) is 39.3 Å². The van der Waals surface area contributed by atoms with E-state index < -0.39 is 10.0 Å². The van der Waals surface area contributed by atoms with E-state index in [9.17, 15) is 13.2 Å². The molecule has 0 spiro atoms. The lowest BCUT2D eigenvalue weighted by molar-refractivity contribution is -0.123. The molecule has 1 N–H and O–H groups in total. The van der Waals surface area contributed by atoms with Crippen molar-refractivity contribution in [1.82, 2.24) is 9.62 Å².